The van der Waals surface area contributed by atoms with E-state index in [0.717, 1.165) is 0 Å². The van der Waals surface area contributed by atoms with Crippen molar-refractivity contribution in [3.05, 3.63) is 0 Å². The van der Waals surface area contributed by atoms with Crippen LogP contribution in [0, 0.1) is 5.92 Å². The van der Waals surface area contributed by atoms with Crippen molar-refractivity contribution in [2.45, 2.75) is 25.8 Å². The fourth-order valence-electron chi connectivity index (χ4n) is 1.19. The van der Waals surface area contributed by atoms with Crippen LogP contribution in [0.1, 0.15) is 19.8 Å². The SMILES string of the molecule is CCOC(=O)N[C@@H](CN)C1CC1. The zero-order valence-electron chi connectivity index (χ0n) is 7.38. The lowest BCUT2D eigenvalue weighted by Crippen LogP contribution is -2.41. The number of hydrogen-bond acceptors (Lipinski definition) is 3. The van der Waals surface area contributed by atoms with Crippen LogP contribution >= 0.6 is 0 Å². The Morgan fingerprint density at radius 3 is 2.83 bits per heavy atom. The van der Waals surface area contributed by atoms with E-state index in [-0.39, 0.29) is 12.1 Å². The van der Waals surface area contributed by atoms with Gasteiger partial charge in [-0.05, 0) is 25.7 Å². The first-order valence-corrected chi connectivity index (χ1v) is 4.41. The molecule has 3 N–H and O–H groups in total. The molecule has 0 aliphatic heterocycles. The quantitative estimate of drug-likeness (QED) is 0.648. The molecule has 0 radical (unpaired) electrons. The monoisotopic (exact) mass is 172 g/mol. The topological polar surface area (TPSA) is 64.3 Å². The molecule has 1 amide bonds. The zero-order valence-corrected chi connectivity index (χ0v) is 7.38. The Labute approximate surface area is 72.5 Å². The average Bonchev–Trinajstić information content (AvgIpc) is 2.83. The van der Waals surface area contributed by atoms with Crippen molar-refractivity contribution in [2.24, 2.45) is 11.7 Å². The second kappa shape index (κ2) is 4.30. The van der Waals surface area contributed by atoms with Gasteiger partial charge in [-0.25, -0.2) is 4.79 Å². The number of nitrogens with two attached hydrogens (primary N) is 1. The zero-order chi connectivity index (χ0) is 8.97. The summed E-state index contributed by atoms with van der Waals surface area (Å²) in [6.45, 7) is 2.70. The number of hydrogen-bond donors (Lipinski definition) is 2. The molecule has 1 saturated carbocycles. The van der Waals surface area contributed by atoms with E-state index in [1.54, 1.807) is 6.92 Å². The van der Waals surface area contributed by atoms with Crippen LogP contribution in [0.15, 0.2) is 0 Å². The molecule has 4 nitrogen and oxygen atoms in total. The van der Waals surface area contributed by atoms with E-state index in [2.05, 4.69) is 5.32 Å². The van der Waals surface area contributed by atoms with Gasteiger partial charge in [0.1, 0.15) is 0 Å². The molecule has 12 heavy (non-hydrogen) atoms. The van der Waals surface area contributed by atoms with Gasteiger partial charge in [0.25, 0.3) is 0 Å². The van der Waals surface area contributed by atoms with Gasteiger partial charge < -0.3 is 15.8 Å². The number of rotatable bonds is 4. The number of alkyl carbamates (subject to hydrolysis) is 1. The Morgan fingerprint density at radius 1 is 1.75 bits per heavy atom. The smallest absolute Gasteiger partial charge is 0.407 e. The minimum absolute atomic E-state index is 0.115. The number of ether oxygens (including phenoxy) is 1. The molecule has 0 aromatic carbocycles. The van der Waals surface area contributed by atoms with Crippen LogP contribution in [0.4, 0.5) is 4.79 Å². The van der Waals surface area contributed by atoms with E-state index in [0.29, 0.717) is 19.1 Å². The van der Waals surface area contributed by atoms with E-state index in [1.807, 2.05) is 0 Å². The van der Waals surface area contributed by atoms with Gasteiger partial charge in [-0.15, -0.1) is 0 Å². The molecule has 0 bridgehead atoms. The second-order valence-corrected chi connectivity index (χ2v) is 3.04. The maximum absolute atomic E-state index is 11.0. The predicted molar refractivity (Wildman–Crippen MR) is 45.7 cm³/mol. The summed E-state index contributed by atoms with van der Waals surface area (Å²) in [5.74, 6) is 0.583. The summed E-state index contributed by atoms with van der Waals surface area (Å²) < 4.78 is 4.75. The van der Waals surface area contributed by atoms with Crippen LogP contribution in [0.2, 0.25) is 0 Å². The van der Waals surface area contributed by atoms with Crippen LogP contribution in [-0.4, -0.2) is 25.3 Å². The maximum Gasteiger partial charge on any atom is 0.407 e. The fourth-order valence-corrected chi connectivity index (χ4v) is 1.19. The van der Waals surface area contributed by atoms with Crippen molar-refractivity contribution in [1.82, 2.24) is 5.32 Å². The highest BCUT2D eigenvalue weighted by atomic mass is 16.5. The summed E-state index contributed by atoms with van der Waals surface area (Å²) in [6, 6.07) is 0.115. The Balaban J connectivity index is 2.21. The van der Waals surface area contributed by atoms with Crippen LogP contribution < -0.4 is 11.1 Å². The molecule has 1 aliphatic carbocycles. The van der Waals surface area contributed by atoms with Crippen molar-refractivity contribution in [1.29, 1.82) is 0 Å². The van der Waals surface area contributed by atoms with Crippen molar-refractivity contribution in [2.75, 3.05) is 13.2 Å². The van der Waals surface area contributed by atoms with E-state index in [4.69, 9.17) is 10.5 Å². The number of amides is 1. The normalized spacial score (nSPS) is 18.5. The molecule has 0 spiro atoms. The van der Waals surface area contributed by atoms with E-state index >= 15 is 0 Å². The molecule has 0 heterocycles. The summed E-state index contributed by atoms with van der Waals surface area (Å²) in [5, 5.41) is 2.74. The molecular weight excluding hydrogens is 156 g/mol. The third-order valence-corrected chi connectivity index (χ3v) is 2.02. The highest BCUT2D eigenvalue weighted by Gasteiger charge is 2.31. The number of carbonyl (C=O) groups excluding carboxylic acids is 1. The average molecular weight is 172 g/mol. The van der Waals surface area contributed by atoms with Crippen LogP contribution in [0.25, 0.3) is 0 Å². The molecule has 4 heteroatoms. The third-order valence-electron chi connectivity index (χ3n) is 2.02. The number of carbonyl (C=O) groups is 1. The molecule has 1 atom stereocenters. The summed E-state index contributed by atoms with van der Waals surface area (Å²) in [5.41, 5.74) is 5.49. The Kier molecular flexibility index (Phi) is 3.34. The molecule has 0 unspecified atom stereocenters. The molecule has 0 saturated heterocycles. The van der Waals surface area contributed by atoms with Gasteiger partial charge in [0.15, 0.2) is 0 Å². The molecule has 1 aliphatic rings. The first kappa shape index (κ1) is 9.32. The standard InChI is InChI=1S/C8H16N2O2/c1-2-12-8(11)10-7(5-9)6-3-4-6/h6-7H,2-5,9H2,1H3,(H,10,11)/t7-/m0/s1. The Morgan fingerprint density at radius 2 is 2.42 bits per heavy atom. The fraction of sp³-hybridized carbons (Fsp3) is 0.875. The van der Waals surface area contributed by atoms with Crippen LogP contribution in [0.3, 0.4) is 0 Å². The van der Waals surface area contributed by atoms with Gasteiger partial charge in [-0.1, -0.05) is 0 Å². The third kappa shape index (κ3) is 2.70. The summed E-state index contributed by atoms with van der Waals surface area (Å²) in [6.07, 6.45) is 2.00. The highest BCUT2D eigenvalue weighted by molar-refractivity contribution is 5.67. The Hall–Kier alpha value is -0.770. The van der Waals surface area contributed by atoms with Crippen molar-refractivity contribution in [3.63, 3.8) is 0 Å². The molecular formula is C8H16N2O2. The minimum atomic E-state index is -0.347. The Bertz CT molecular complexity index is 157. The van der Waals surface area contributed by atoms with Crippen LogP contribution in [-0.2, 0) is 4.74 Å². The summed E-state index contributed by atoms with van der Waals surface area (Å²) in [7, 11) is 0. The lowest BCUT2D eigenvalue weighted by Gasteiger charge is -2.14. The van der Waals surface area contributed by atoms with Crippen molar-refractivity contribution in [3.8, 4) is 0 Å². The van der Waals surface area contributed by atoms with E-state index < -0.39 is 0 Å². The van der Waals surface area contributed by atoms with Crippen molar-refractivity contribution < 1.29 is 9.53 Å². The molecule has 1 fully saturated rings. The lowest BCUT2D eigenvalue weighted by atomic mass is 10.2. The van der Waals surface area contributed by atoms with Crippen LogP contribution in [0.5, 0.6) is 0 Å². The highest BCUT2D eigenvalue weighted by Crippen LogP contribution is 2.32. The van der Waals surface area contributed by atoms with Gasteiger partial charge in [0.05, 0.1) is 6.61 Å². The van der Waals surface area contributed by atoms with Gasteiger partial charge in [-0.3, -0.25) is 0 Å². The maximum atomic E-state index is 11.0. The molecule has 1 rings (SSSR count). The minimum Gasteiger partial charge on any atom is -0.450 e. The lowest BCUT2D eigenvalue weighted by molar-refractivity contribution is 0.147. The predicted octanol–water partition coefficient (Wildman–Crippen LogP) is 0.470. The van der Waals surface area contributed by atoms with Crippen molar-refractivity contribution >= 4 is 6.09 Å². The van der Waals surface area contributed by atoms with E-state index in [9.17, 15) is 4.79 Å². The summed E-state index contributed by atoms with van der Waals surface area (Å²) >= 11 is 0. The first-order valence-electron chi connectivity index (χ1n) is 4.41. The van der Waals surface area contributed by atoms with Gasteiger partial charge in [-0.2, -0.15) is 0 Å². The largest absolute Gasteiger partial charge is 0.450 e. The second-order valence-electron chi connectivity index (χ2n) is 3.04. The van der Waals surface area contributed by atoms with Gasteiger partial charge in [0, 0.05) is 12.6 Å². The summed E-state index contributed by atoms with van der Waals surface area (Å²) in [4.78, 5) is 11.0. The molecule has 0 aromatic heterocycles. The van der Waals surface area contributed by atoms with Gasteiger partial charge >= 0.3 is 6.09 Å². The molecule has 0 aromatic rings. The van der Waals surface area contributed by atoms with E-state index in [1.165, 1.54) is 12.8 Å². The van der Waals surface area contributed by atoms with Gasteiger partial charge in [0.2, 0.25) is 0 Å². The first-order chi connectivity index (χ1) is 5.77. The molecule has 70 valence electrons. The number of nitrogens with one attached hydrogen (secondary N) is 1.